The van der Waals surface area contributed by atoms with Crippen LogP contribution in [-0.2, 0) is 0 Å². The van der Waals surface area contributed by atoms with Crippen molar-refractivity contribution in [3.63, 3.8) is 0 Å². The van der Waals surface area contributed by atoms with Crippen molar-refractivity contribution in [2.24, 2.45) is 0 Å². The van der Waals surface area contributed by atoms with E-state index in [1.165, 1.54) is 16.0 Å². The molecule has 0 aliphatic rings. The van der Waals surface area contributed by atoms with Gasteiger partial charge in [-0.25, -0.2) is 4.79 Å². The highest BCUT2D eigenvalue weighted by Crippen LogP contribution is 2.34. The molecule has 0 bridgehead atoms. The van der Waals surface area contributed by atoms with E-state index in [-0.39, 0.29) is 0 Å². The molecular weight excluding hydrogens is 228 g/mol. The van der Waals surface area contributed by atoms with E-state index in [9.17, 15) is 4.79 Å². The van der Waals surface area contributed by atoms with Gasteiger partial charge in [0, 0.05) is 20.2 Å². The monoisotopic (exact) mass is 234 g/mol. The number of fused-ring (bicyclic) bond motifs is 3. The number of carboxylic acid groups (broad SMARTS) is 1. The number of thiophene rings is 2. The molecule has 0 saturated heterocycles. The molecule has 0 radical (unpaired) electrons. The predicted molar refractivity (Wildman–Crippen MR) is 64.2 cm³/mol. The quantitative estimate of drug-likeness (QED) is 0.695. The van der Waals surface area contributed by atoms with E-state index in [2.05, 4.69) is 0 Å². The molecule has 15 heavy (non-hydrogen) atoms. The fourth-order valence-electron chi connectivity index (χ4n) is 1.67. The van der Waals surface area contributed by atoms with Crippen LogP contribution in [0.4, 0.5) is 0 Å². The molecule has 0 aliphatic carbocycles. The van der Waals surface area contributed by atoms with Crippen molar-refractivity contribution in [2.45, 2.75) is 0 Å². The number of carboxylic acids is 1. The van der Waals surface area contributed by atoms with Crippen LogP contribution in [0, 0.1) is 0 Å². The minimum Gasteiger partial charge on any atom is -0.477 e. The molecule has 0 saturated carbocycles. The molecule has 3 aromatic rings. The summed E-state index contributed by atoms with van der Waals surface area (Å²) >= 11 is 3.01. The van der Waals surface area contributed by atoms with Crippen LogP contribution in [0.2, 0.25) is 0 Å². The first kappa shape index (κ1) is 8.88. The molecule has 0 aliphatic heterocycles. The van der Waals surface area contributed by atoms with Gasteiger partial charge in [0.2, 0.25) is 0 Å². The summed E-state index contributed by atoms with van der Waals surface area (Å²) < 4.78 is 2.25. The van der Waals surface area contributed by atoms with Crippen molar-refractivity contribution in [1.82, 2.24) is 0 Å². The van der Waals surface area contributed by atoms with E-state index >= 15 is 0 Å². The van der Waals surface area contributed by atoms with Crippen LogP contribution in [0.3, 0.4) is 0 Å². The van der Waals surface area contributed by atoms with E-state index in [1.54, 1.807) is 17.4 Å². The number of benzene rings is 1. The first-order valence-corrected chi connectivity index (χ1v) is 6.08. The Hall–Kier alpha value is -1.39. The third kappa shape index (κ3) is 1.26. The maximum Gasteiger partial charge on any atom is 0.345 e. The van der Waals surface area contributed by atoms with E-state index in [4.69, 9.17) is 5.11 Å². The molecule has 74 valence electrons. The van der Waals surface area contributed by atoms with Gasteiger partial charge in [-0.2, -0.15) is 0 Å². The van der Waals surface area contributed by atoms with Gasteiger partial charge in [0.05, 0.1) is 0 Å². The molecule has 2 heterocycles. The number of rotatable bonds is 1. The molecule has 2 aromatic heterocycles. The van der Waals surface area contributed by atoms with Crippen molar-refractivity contribution in [1.29, 1.82) is 0 Å². The summed E-state index contributed by atoms with van der Waals surface area (Å²) in [7, 11) is 0. The average Bonchev–Trinajstić information content (AvgIpc) is 2.82. The number of hydrogen-bond donors (Lipinski definition) is 1. The molecular formula is C11H6O2S2. The fraction of sp³-hybridized carbons (Fsp3) is 0. The normalized spacial score (nSPS) is 11.2. The largest absolute Gasteiger partial charge is 0.477 e. The zero-order valence-corrected chi connectivity index (χ0v) is 9.19. The summed E-state index contributed by atoms with van der Waals surface area (Å²) in [6.07, 6.45) is 0. The summed E-state index contributed by atoms with van der Waals surface area (Å²) in [6.45, 7) is 0. The van der Waals surface area contributed by atoms with Gasteiger partial charge >= 0.3 is 5.97 Å². The van der Waals surface area contributed by atoms with Gasteiger partial charge < -0.3 is 5.11 Å². The maximum absolute atomic E-state index is 10.9. The lowest BCUT2D eigenvalue weighted by Crippen LogP contribution is -1.89. The summed E-state index contributed by atoms with van der Waals surface area (Å²) in [4.78, 5) is 11.3. The van der Waals surface area contributed by atoms with Crippen LogP contribution < -0.4 is 0 Å². The zero-order chi connectivity index (χ0) is 10.4. The first-order chi connectivity index (χ1) is 7.25. The Bertz CT molecular complexity index is 663. The molecule has 0 spiro atoms. The van der Waals surface area contributed by atoms with Crippen LogP contribution >= 0.6 is 22.7 Å². The highest BCUT2D eigenvalue weighted by Gasteiger charge is 2.10. The highest BCUT2D eigenvalue weighted by molar-refractivity contribution is 7.21. The van der Waals surface area contributed by atoms with Crippen molar-refractivity contribution in [3.8, 4) is 0 Å². The van der Waals surface area contributed by atoms with E-state index in [1.807, 2.05) is 23.6 Å². The summed E-state index contributed by atoms with van der Waals surface area (Å²) in [5.41, 5.74) is 0. The van der Waals surface area contributed by atoms with Gasteiger partial charge in [-0.15, -0.1) is 22.7 Å². The molecule has 4 heteroatoms. The summed E-state index contributed by atoms with van der Waals surface area (Å²) in [6, 6.07) is 7.84. The average molecular weight is 234 g/mol. The molecule has 2 nitrogen and oxygen atoms in total. The third-order valence-corrected chi connectivity index (χ3v) is 4.31. The summed E-state index contributed by atoms with van der Waals surface area (Å²) in [5, 5.41) is 13.2. The van der Waals surface area contributed by atoms with Gasteiger partial charge in [0.25, 0.3) is 0 Å². The Labute approximate surface area is 93.4 Å². The number of aromatic carboxylic acids is 1. The first-order valence-electron chi connectivity index (χ1n) is 4.39. The molecule has 3 rings (SSSR count). The highest BCUT2D eigenvalue weighted by atomic mass is 32.1. The topological polar surface area (TPSA) is 37.3 Å². The van der Waals surface area contributed by atoms with Gasteiger partial charge in [0.15, 0.2) is 0 Å². The molecule has 0 atom stereocenters. The molecule has 0 unspecified atom stereocenters. The van der Waals surface area contributed by atoms with E-state index in [0.717, 1.165) is 15.5 Å². The Kier molecular flexibility index (Phi) is 1.81. The number of hydrogen-bond acceptors (Lipinski definition) is 3. The molecule has 0 amide bonds. The Morgan fingerprint density at radius 1 is 1.13 bits per heavy atom. The van der Waals surface area contributed by atoms with Crippen molar-refractivity contribution >= 4 is 48.8 Å². The fourth-order valence-corrected chi connectivity index (χ4v) is 3.39. The van der Waals surface area contributed by atoms with E-state index in [0.29, 0.717) is 4.88 Å². The Morgan fingerprint density at radius 2 is 1.93 bits per heavy atom. The van der Waals surface area contributed by atoms with Crippen molar-refractivity contribution < 1.29 is 9.90 Å². The second kappa shape index (κ2) is 3.05. The Morgan fingerprint density at radius 3 is 2.73 bits per heavy atom. The zero-order valence-electron chi connectivity index (χ0n) is 7.56. The second-order valence-electron chi connectivity index (χ2n) is 3.23. The van der Waals surface area contributed by atoms with Gasteiger partial charge in [-0.3, -0.25) is 0 Å². The van der Waals surface area contributed by atoms with Crippen LogP contribution in [0.15, 0.2) is 29.6 Å². The number of carbonyl (C=O) groups is 1. The van der Waals surface area contributed by atoms with Crippen molar-refractivity contribution in [3.05, 3.63) is 34.5 Å². The lowest BCUT2D eigenvalue weighted by atomic mass is 10.2. The lowest BCUT2D eigenvalue weighted by Gasteiger charge is -1.90. The SMILES string of the molecule is O=C(O)c1cc2c(ccc3sccc32)s1. The van der Waals surface area contributed by atoms with Crippen LogP contribution in [0.5, 0.6) is 0 Å². The molecule has 1 aromatic carbocycles. The molecule has 0 fully saturated rings. The van der Waals surface area contributed by atoms with E-state index < -0.39 is 5.97 Å². The minimum absolute atomic E-state index is 0.406. The lowest BCUT2D eigenvalue weighted by molar-refractivity contribution is 0.0702. The molecule has 1 N–H and O–H groups in total. The van der Waals surface area contributed by atoms with Crippen LogP contribution in [0.25, 0.3) is 20.2 Å². The summed E-state index contributed by atoms with van der Waals surface area (Å²) in [5.74, 6) is -0.848. The third-order valence-electron chi connectivity index (χ3n) is 2.34. The standard InChI is InChI=1S/C11H6O2S2/c12-11(13)10-5-7-6-3-4-14-8(6)1-2-9(7)15-10/h1-5H,(H,12,13). The van der Waals surface area contributed by atoms with Crippen LogP contribution in [-0.4, -0.2) is 11.1 Å². The maximum atomic E-state index is 10.9. The van der Waals surface area contributed by atoms with Crippen molar-refractivity contribution in [2.75, 3.05) is 0 Å². The minimum atomic E-state index is -0.848. The van der Waals surface area contributed by atoms with Crippen LogP contribution in [0.1, 0.15) is 9.67 Å². The second-order valence-corrected chi connectivity index (χ2v) is 5.26. The van der Waals surface area contributed by atoms with Gasteiger partial charge in [-0.1, -0.05) is 0 Å². The van der Waals surface area contributed by atoms with Gasteiger partial charge in [-0.05, 0) is 29.6 Å². The smallest absolute Gasteiger partial charge is 0.345 e. The van der Waals surface area contributed by atoms with Gasteiger partial charge in [0.1, 0.15) is 4.88 Å². The Balaban J connectivity index is 2.46. The predicted octanol–water partition coefficient (Wildman–Crippen LogP) is 3.81.